The third kappa shape index (κ3) is 3.75. The average Bonchev–Trinajstić information content (AvgIpc) is 2.39. The normalized spacial score (nSPS) is 12.3. The van der Waals surface area contributed by atoms with Gasteiger partial charge in [0.1, 0.15) is 5.82 Å². The fourth-order valence-corrected chi connectivity index (χ4v) is 3.90. The highest BCUT2D eigenvalue weighted by atomic mass is 32.2. The number of nitrogens with zero attached hydrogens (tertiary/aromatic N) is 1. The second-order valence-electron chi connectivity index (χ2n) is 4.33. The lowest BCUT2D eigenvalue weighted by molar-refractivity contribution is 0.309. The third-order valence-corrected chi connectivity index (χ3v) is 5.05. The first kappa shape index (κ1) is 16.1. The molecule has 0 aliphatic heterocycles. The van der Waals surface area contributed by atoms with Crippen molar-refractivity contribution >= 4 is 10.0 Å². The van der Waals surface area contributed by atoms with Crippen LogP contribution in [0.15, 0.2) is 29.2 Å². The summed E-state index contributed by atoms with van der Waals surface area (Å²) in [6.07, 6.45) is 1.40. The van der Waals surface area contributed by atoms with Crippen LogP contribution in [0.1, 0.15) is 26.7 Å². The molecule has 6 heteroatoms. The average molecular weight is 288 g/mol. The van der Waals surface area contributed by atoms with E-state index in [-0.39, 0.29) is 24.0 Å². The van der Waals surface area contributed by atoms with Crippen LogP contribution in [0.4, 0.5) is 4.39 Å². The minimum Gasteiger partial charge on any atom is -0.329 e. The van der Waals surface area contributed by atoms with Crippen molar-refractivity contribution in [2.75, 3.05) is 13.1 Å². The molecule has 1 aromatic rings. The van der Waals surface area contributed by atoms with E-state index in [1.165, 1.54) is 22.5 Å². The number of hydrogen-bond acceptors (Lipinski definition) is 3. The Hall–Kier alpha value is -0.980. The minimum absolute atomic E-state index is 0.0205. The predicted octanol–water partition coefficient (Wildman–Crippen LogP) is 1.96. The minimum atomic E-state index is -3.70. The van der Waals surface area contributed by atoms with Gasteiger partial charge in [0.05, 0.1) is 4.90 Å². The first-order chi connectivity index (χ1) is 8.97. The topological polar surface area (TPSA) is 63.4 Å². The van der Waals surface area contributed by atoms with E-state index in [2.05, 4.69) is 0 Å². The summed E-state index contributed by atoms with van der Waals surface area (Å²) in [7, 11) is -3.70. The van der Waals surface area contributed by atoms with Gasteiger partial charge in [-0.15, -0.1) is 0 Å². The molecule has 0 saturated carbocycles. The van der Waals surface area contributed by atoms with Crippen molar-refractivity contribution in [2.24, 2.45) is 5.73 Å². The molecule has 0 spiro atoms. The van der Waals surface area contributed by atoms with Crippen LogP contribution in [0, 0.1) is 5.82 Å². The quantitative estimate of drug-likeness (QED) is 0.834. The SMILES string of the molecule is CCC(CC)N(CCN)S(=O)(=O)c1cccc(F)c1. The zero-order valence-electron chi connectivity index (χ0n) is 11.3. The second-order valence-corrected chi connectivity index (χ2v) is 6.22. The zero-order valence-corrected chi connectivity index (χ0v) is 12.2. The summed E-state index contributed by atoms with van der Waals surface area (Å²) < 4.78 is 39.7. The molecule has 0 amide bonds. The first-order valence-corrected chi connectivity index (χ1v) is 7.88. The van der Waals surface area contributed by atoms with Crippen LogP contribution < -0.4 is 5.73 Å². The van der Waals surface area contributed by atoms with Crippen LogP contribution in [-0.2, 0) is 10.0 Å². The molecule has 4 nitrogen and oxygen atoms in total. The van der Waals surface area contributed by atoms with Gasteiger partial charge in [-0.1, -0.05) is 19.9 Å². The molecule has 0 bridgehead atoms. The van der Waals surface area contributed by atoms with Crippen molar-refractivity contribution in [1.29, 1.82) is 0 Å². The zero-order chi connectivity index (χ0) is 14.5. The highest BCUT2D eigenvalue weighted by Crippen LogP contribution is 2.21. The molecule has 0 fully saturated rings. The molecule has 2 N–H and O–H groups in total. The van der Waals surface area contributed by atoms with Crippen molar-refractivity contribution in [3.8, 4) is 0 Å². The highest BCUT2D eigenvalue weighted by molar-refractivity contribution is 7.89. The molecular formula is C13H21FN2O2S. The maximum Gasteiger partial charge on any atom is 0.243 e. The fraction of sp³-hybridized carbons (Fsp3) is 0.538. The second kappa shape index (κ2) is 6.98. The van der Waals surface area contributed by atoms with Gasteiger partial charge >= 0.3 is 0 Å². The summed E-state index contributed by atoms with van der Waals surface area (Å²) in [5, 5.41) is 0. The van der Waals surface area contributed by atoms with E-state index in [9.17, 15) is 12.8 Å². The molecule has 0 radical (unpaired) electrons. The summed E-state index contributed by atoms with van der Waals surface area (Å²) in [6.45, 7) is 4.34. The van der Waals surface area contributed by atoms with Crippen LogP contribution in [0.3, 0.4) is 0 Å². The molecule has 0 heterocycles. The summed E-state index contributed by atoms with van der Waals surface area (Å²) in [6, 6.07) is 4.96. The van der Waals surface area contributed by atoms with Crippen molar-refractivity contribution < 1.29 is 12.8 Å². The van der Waals surface area contributed by atoms with Crippen LogP contribution in [0.2, 0.25) is 0 Å². The number of benzene rings is 1. The van der Waals surface area contributed by atoms with Crippen LogP contribution in [0.25, 0.3) is 0 Å². The largest absolute Gasteiger partial charge is 0.329 e. The number of nitrogens with two attached hydrogens (primary N) is 1. The van der Waals surface area contributed by atoms with E-state index in [0.29, 0.717) is 12.8 Å². The number of hydrogen-bond donors (Lipinski definition) is 1. The Labute approximate surface area is 114 Å². The van der Waals surface area contributed by atoms with E-state index in [1.54, 1.807) is 0 Å². The van der Waals surface area contributed by atoms with Gasteiger partial charge in [0.2, 0.25) is 10.0 Å². The van der Waals surface area contributed by atoms with Crippen LogP contribution in [-0.4, -0.2) is 31.9 Å². The fourth-order valence-electron chi connectivity index (χ4n) is 2.09. The smallest absolute Gasteiger partial charge is 0.243 e. The van der Waals surface area contributed by atoms with Gasteiger partial charge in [0.25, 0.3) is 0 Å². The summed E-state index contributed by atoms with van der Waals surface area (Å²) in [5.41, 5.74) is 5.50. The Balaban J connectivity index is 3.19. The van der Waals surface area contributed by atoms with Gasteiger partial charge in [-0.3, -0.25) is 0 Å². The van der Waals surface area contributed by atoms with Crippen LogP contribution >= 0.6 is 0 Å². The lowest BCUT2D eigenvalue weighted by atomic mass is 10.2. The van der Waals surface area contributed by atoms with E-state index in [1.807, 2.05) is 13.8 Å². The monoisotopic (exact) mass is 288 g/mol. The molecule has 0 aromatic heterocycles. The highest BCUT2D eigenvalue weighted by Gasteiger charge is 2.29. The van der Waals surface area contributed by atoms with E-state index >= 15 is 0 Å². The van der Waals surface area contributed by atoms with Gasteiger partial charge in [-0.05, 0) is 31.0 Å². The summed E-state index contributed by atoms with van der Waals surface area (Å²) >= 11 is 0. The Morgan fingerprint density at radius 3 is 2.42 bits per heavy atom. The molecule has 1 aromatic carbocycles. The number of sulfonamides is 1. The molecule has 108 valence electrons. The van der Waals surface area contributed by atoms with Gasteiger partial charge in [-0.2, -0.15) is 4.31 Å². The van der Waals surface area contributed by atoms with Gasteiger partial charge in [0.15, 0.2) is 0 Å². The molecule has 19 heavy (non-hydrogen) atoms. The molecule has 0 atom stereocenters. The molecule has 0 aliphatic rings. The van der Waals surface area contributed by atoms with Crippen molar-refractivity contribution in [3.05, 3.63) is 30.1 Å². The number of halogens is 1. The maximum absolute atomic E-state index is 13.2. The lowest BCUT2D eigenvalue weighted by Crippen LogP contribution is -2.42. The molecular weight excluding hydrogens is 267 g/mol. The Kier molecular flexibility index (Phi) is 5.90. The molecule has 0 unspecified atom stereocenters. The predicted molar refractivity (Wildman–Crippen MR) is 73.7 cm³/mol. The van der Waals surface area contributed by atoms with Crippen molar-refractivity contribution in [1.82, 2.24) is 4.31 Å². The number of rotatable bonds is 7. The molecule has 0 saturated heterocycles. The molecule has 0 aliphatic carbocycles. The summed E-state index contributed by atoms with van der Waals surface area (Å²) in [5.74, 6) is -0.557. The Morgan fingerprint density at radius 2 is 1.95 bits per heavy atom. The van der Waals surface area contributed by atoms with Crippen molar-refractivity contribution in [3.63, 3.8) is 0 Å². The third-order valence-electron chi connectivity index (χ3n) is 3.10. The Bertz CT molecular complexity index is 501. The Morgan fingerprint density at radius 1 is 1.32 bits per heavy atom. The standard InChI is InChI=1S/C13H21FN2O2S/c1-3-12(4-2)16(9-8-15)19(17,18)13-7-5-6-11(14)10-13/h5-7,10,12H,3-4,8-9,15H2,1-2H3. The van der Waals surface area contributed by atoms with Crippen LogP contribution in [0.5, 0.6) is 0 Å². The van der Waals surface area contributed by atoms with E-state index in [4.69, 9.17) is 5.73 Å². The van der Waals surface area contributed by atoms with E-state index in [0.717, 1.165) is 6.07 Å². The van der Waals surface area contributed by atoms with Gasteiger partial charge in [-0.25, -0.2) is 12.8 Å². The maximum atomic E-state index is 13.2. The first-order valence-electron chi connectivity index (χ1n) is 6.44. The van der Waals surface area contributed by atoms with Crippen molar-refractivity contribution in [2.45, 2.75) is 37.6 Å². The van der Waals surface area contributed by atoms with Gasteiger partial charge < -0.3 is 5.73 Å². The van der Waals surface area contributed by atoms with E-state index < -0.39 is 15.8 Å². The van der Waals surface area contributed by atoms with Gasteiger partial charge in [0, 0.05) is 19.1 Å². The molecule has 1 rings (SSSR count). The lowest BCUT2D eigenvalue weighted by Gasteiger charge is -2.29. The summed E-state index contributed by atoms with van der Waals surface area (Å²) in [4.78, 5) is -0.0205.